The number of anilines is 1. The van der Waals surface area contributed by atoms with Gasteiger partial charge < -0.3 is 10.4 Å². The van der Waals surface area contributed by atoms with Crippen LogP contribution in [0, 0.1) is 0 Å². The van der Waals surface area contributed by atoms with E-state index in [1.165, 1.54) is 25.4 Å². The van der Waals surface area contributed by atoms with Crippen LogP contribution in [0.3, 0.4) is 0 Å². The number of aryl methyl sites for hydroxylation is 1. The fraction of sp³-hybridized carbons (Fsp3) is 0.250. The molecular formula is C12H11F3N4O2. The normalized spacial score (nSPS) is 11.4. The molecule has 0 amide bonds. The van der Waals surface area contributed by atoms with E-state index in [0.29, 0.717) is 0 Å². The molecule has 0 fully saturated rings. The minimum absolute atomic E-state index is 0.000625. The van der Waals surface area contributed by atoms with Gasteiger partial charge in [-0.1, -0.05) is 0 Å². The van der Waals surface area contributed by atoms with Crippen molar-refractivity contribution in [2.75, 3.05) is 5.32 Å². The smallest absolute Gasteiger partial charge is 0.419 e. The number of aromatic nitrogens is 3. The minimum Gasteiger partial charge on any atom is -0.478 e. The SMILES string of the molecule is Cn1ncc(C(F)(F)F)c1CNc1ncccc1C(=O)O. The second-order valence-corrected chi connectivity index (χ2v) is 4.18. The molecule has 0 bridgehead atoms. The number of hydrogen-bond acceptors (Lipinski definition) is 4. The summed E-state index contributed by atoms with van der Waals surface area (Å²) in [6.45, 7) is -0.247. The van der Waals surface area contributed by atoms with Crippen molar-refractivity contribution in [2.45, 2.75) is 12.7 Å². The molecule has 0 aromatic carbocycles. The molecule has 0 atom stereocenters. The predicted molar refractivity (Wildman–Crippen MR) is 66.7 cm³/mol. The average molecular weight is 300 g/mol. The van der Waals surface area contributed by atoms with Crippen molar-refractivity contribution in [2.24, 2.45) is 7.05 Å². The third-order valence-corrected chi connectivity index (χ3v) is 2.83. The first-order chi connectivity index (χ1) is 9.80. The molecular weight excluding hydrogens is 289 g/mol. The maximum atomic E-state index is 12.8. The Morgan fingerprint density at radius 3 is 2.81 bits per heavy atom. The Labute approximate surface area is 117 Å². The molecule has 2 aromatic heterocycles. The Morgan fingerprint density at radius 1 is 1.48 bits per heavy atom. The van der Waals surface area contributed by atoms with Gasteiger partial charge in [-0.2, -0.15) is 18.3 Å². The van der Waals surface area contributed by atoms with E-state index in [0.717, 1.165) is 10.9 Å². The number of carboxylic acids is 1. The zero-order valence-electron chi connectivity index (χ0n) is 10.8. The van der Waals surface area contributed by atoms with Crippen molar-refractivity contribution in [3.8, 4) is 0 Å². The van der Waals surface area contributed by atoms with Crippen LogP contribution in [0.2, 0.25) is 0 Å². The van der Waals surface area contributed by atoms with E-state index in [4.69, 9.17) is 5.11 Å². The second-order valence-electron chi connectivity index (χ2n) is 4.18. The van der Waals surface area contributed by atoms with Crippen LogP contribution in [0.5, 0.6) is 0 Å². The van der Waals surface area contributed by atoms with E-state index in [9.17, 15) is 18.0 Å². The van der Waals surface area contributed by atoms with Gasteiger partial charge in [-0.25, -0.2) is 9.78 Å². The molecule has 9 heteroatoms. The highest BCUT2D eigenvalue weighted by Crippen LogP contribution is 2.31. The van der Waals surface area contributed by atoms with Gasteiger partial charge in [0.25, 0.3) is 0 Å². The van der Waals surface area contributed by atoms with Crippen LogP contribution >= 0.6 is 0 Å². The molecule has 6 nitrogen and oxygen atoms in total. The Morgan fingerprint density at radius 2 is 2.19 bits per heavy atom. The van der Waals surface area contributed by atoms with Crippen LogP contribution in [-0.4, -0.2) is 25.8 Å². The minimum atomic E-state index is -4.52. The van der Waals surface area contributed by atoms with Crippen LogP contribution in [0.4, 0.5) is 19.0 Å². The first-order valence-corrected chi connectivity index (χ1v) is 5.81. The van der Waals surface area contributed by atoms with Gasteiger partial charge in [0.15, 0.2) is 0 Å². The third-order valence-electron chi connectivity index (χ3n) is 2.83. The van der Waals surface area contributed by atoms with E-state index in [2.05, 4.69) is 15.4 Å². The standard InChI is InChI=1S/C12H11F3N4O2/c1-19-9(8(5-18-19)12(13,14)15)6-17-10-7(11(20)21)3-2-4-16-10/h2-5H,6H2,1H3,(H,16,17)(H,20,21). The van der Waals surface area contributed by atoms with Crippen molar-refractivity contribution in [1.29, 1.82) is 0 Å². The highest BCUT2D eigenvalue weighted by molar-refractivity contribution is 5.92. The van der Waals surface area contributed by atoms with Crippen molar-refractivity contribution in [3.63, 3.8) is 0 Å². The molecule has 0 aliphatic carbocycles. The molecule has 2 rings (SSSR count). The Kier molecular flexibility index (Phi) is 3.83. The van der Waals surface area contributed by atoms with Gasteiger partial charge in [0, 0.05) is 13.2 Å². The summed E-state index contributed by atoms with van der Waals surface area (Å²) in [6.07, 6.45) is -2.44. The van der Waals surface area contributed by atoms with Crippen LogP contribution in [0.1, 0.15) is 21.6 Å². The van der Waals surface area contributed by atoms with Crippen molar-refractivity contribution < 1.29 is 23.1 Å². The maximum absolute atomic E-state index is 12.8. The molecule has 2 aromatic rings. The highest BCUT2D eigenvalue weighted by Gasteiger charge is 2.35. The summed E-state index contributed by atoms with van der Waals surface area (Å²) in [5, 5.41) is 15.2. The molecule has 21 heavy (non-hydrogen) atoms. The zero-order valence-corrected chi connectivity index (χ0v) is 10.8. The Hall–Kier alpha value is -2.58. The Balaban J connectivity index is 2.26. The number of nitrogens with zero attached hydrogens (tertiary/aromatic N) is 3. The lowest BCUT2D eigenvalue weighted by molar-refractivity contribution is -0.138. The van der Waals surface area contributed by atoms with Crippen LogP contribution in [-0.2, 0) is 19.8 Å². The van der Waals surface area contributed by atoms with Gasteiger partial charge >= 0.3 is 12.1 Å². The summed E-state index contributed by atoms with van der Waals surface area (Å²) in [6, 6.07) is 2.74. The number of alkyl halides is 3. The quantitative estimate of drug-likeness (QED) is 0.904. The summed E-state index contributed by atoms with van der Waals surface area (Å²) in [7, 11) is 1.38. The molecule has 0 saturated carbocycles. The molecule has 0 aliphatic rings. The van der Waals surface area contributed by atoms with Crippen molar-refractivity contribution in [3.05, 3.63) is 41.3 Å². The van der Waals surface area contributed by atoms with E-state index in [1.54, 1.807) is 0 Å². The lowest BCUT2D eigenvalue weighted by Gasteiger charge is -2.11. The molecule has 0 aliphatic heterocycles. The molecule has 0 radical (unpaired) electrons. The number of pyridine rings is 1. The molecule has 2 heterocycles. The number of rotatable bonds is 4. The van der Waals surface area contributed by atoms with Gasteiger partial charge in [-0.3, -0.25) is 4.68 Å². The molecule has 112 valence electrons. The Bertz CT molecular complexity index is 667. The van der Waals surface area contributed by atoms with E-state index in [1.807, 2.05) is 0 Å². The highest BCUT2D eigenvalue weighted by atomic mass is 19.4. The van der Waals surface area contributed by atoms with Gasteiger partial charge in [0.2, 0.25) is 0 Å². The number of aromatic carboxylic acids is 1. The number of hydrogen-bond donors (Lipinski definition) is 2. The van der Waals surface area contributed by atoms with Crippen molar-refractivity contribution in [1.82, 2.24) is 14.8 Å². The maximum Gasteiger partial charge on any atom is 0.419 e. The first kappa shape index (κ1) is 14.8. The van der Waals surface area contributed by atoms with E-state index < -0.39 is 17.7 Å². The molecule has 0 saturated heterocycles. The number of halogens is 3. The van der Waals surface area contributed by atoms with Crippen LogP contribution in [0.15, 0.2) is 24.5 Å². The molecule has 0 spiro atoms. The zero-order chi connectivity index (χ0) is 15.6. The second kappa shape index (κ2) is 5.43. The summed E-state index contributed by atoms with van der Waals surface area (Å²) in [5.74, 6) is -1.22. The number of nitrogens with one attached hydrogen (secondary N) is 1. The van der Waals surface area contributed by atoms with Gasteiger partial charge in [-0.05, 0) is 12.1 Å². The summed E-state index contributed by atoms with van der Waals surface area (Å²) >= 11 is 0. The molecule has 0 unspecified atom stereocenters. The largest absolute Gasteiger partial charge is 0.478 e. The predicted octanol–water partition coefficient (Wildman–Crippen LogP) is 2.14. The van der Waals surface area contributed by atoms with Gasteiger partial charge in [-0.15, -0.1) is 0 Å². The average Bonchev–Trinajstić information content (AvgIpc) is 2.77. The van der Waals surface area contributed by atoms with Gasteiger partial charge in [0.1, 0.15) is 11.4 Å². The van der Waals surface area contributed by atoms with E-state index in [-0.39, 0.29) is 23.6 Å². The summed E-state index contributed by atoms with van der Waals surface area (Å²) in [5.41, 5.74) is -1.09. The third kappa shape index (κ3) is 3.12. The van der Waals surface area contributed by atoms with Crippen LogP contribution in [0.25, 0.3) is 0 Å². The lowest BCUT2D eigenvalue weighted by Crippen LogP contribution is -2.15. The monoisotopic (exact) mass is 300 g/mol. The summed E-state index contributed by atoms with van der Waals surface area (Å²) < 4.78 is 39.5. The van der Waals surface area contributed by atoms with Crippen LogP contribution < -0.4 is 5.32 Å². The summed E-state index contributed by atoms with van der Waals surface area (Å²) in [4.78, 5) is 14.8. The number of carbonyl (C=O) groups is 1. The lowest BCUT2D eigenvalue weighted by atomic mass is 10.2. The van der Waals surface area contributed by atoms with Gasteiger partial charge in [0.05, 0.1) is 24.0 Å². The number of carboxylic acid groups (broad SMARTS) is 1. The van der Waals surface area contributed by atoms with Crippen molar-refractivity contribution >= 4 is 11.8 Å². The molecule has 2 N–H and O–H groups in total. The van der Waals surface area contributed by atoms with E-state index >= 15 is 0 Å². The first-order valence-electron chi connectivity index (χ1n) is 5.81. The fourth-order valence-corrected chi connectivity index (χ4v) is 1.80. The topological polar surface area (TPSA) is 80.0 Å². The fourth-order valence-electron chi connectivity index (χ4n) is 1.80.